The topological polar surface area (TPSA) is 442 Å². The van der Waals surface area contributed by atoms with Gasteiger partial charge in [-0.05, 0) is 117 Å². The molecule has 10 aromatic rings. The Hall–Kier alpha value is -14.8. The summed E-state index contributed by atoms with van der Waals surface area (Å²) in [5.41, 5.74) is 0.671. The maximum absolute atomic E-state index is 13.0. The summed E-state index contributed by atoms with van der Waals surface area (Å²) in [5, 5.41) is -0.274. The normalized spacial score (nSPS) is 13.2. The van der Waals surface area contributed by atoms with Gasteiger partial charge in [0.2, 0.25) is 75.1 Å². The number of Topliss-reactive ketones (excluding diaryl/α,β-unsaturated/α-hetero) is 6. The standard InChI is InChI=1S/C18H13BrO7.C18H13ClO7.C18H14O7.C17H11BrO6.C17H11ClO6/c1-23-12-4-8(5-13(24-2)18(12)25-3)15(21)9-7-26-17-10(19)6-11(20)16(22)14(9)17;1-23-12-4-8(5-13(24-2)18(12)25-3)15(20)9-7-26-11-6-10(19)16(21)17(22)14(9)11;1-22-13-6-9(7-14(23-2)18(13)24-3)16(20)10-8-25-12-5-4-11(19)17(21)15(10)12;2*1-22-12-4-3-8(5-13(12)23-2)15(20)9-7-24-17-10(18)6-11(19)16(21)14(9)17/h2*4-7H,1-3H3;4-8H,1-3H3;2*3-7H,1-2H3. The monoisotopic (exact) mass is 1870 g/mol. The molecule has 0 aliphatic heterocycles. The van der Waals surface area contributed by atoms with Gasteiger partial charge in [-0.2, -0.15) is 0 Å². The number of fused-ring (bicyclic) bond motifs is 5. The van der Waals surface area contributed by atoms with Gasteiger partial charge in [0, 0.05) is 52.1 Å². The van der Waals surface area contributed by atoms with Crippen molar-refractivity contribution in [1.29, 1.82) is 0 Å². The summed E-state index contributed by atoms with van der Waals surface area (Å²) in [5.74, 6) is -5.44. The van der Waals surface area contributed by atoms with Crippen molar-refractivity contribution in [2.75, 3.05) is 92.4 Å². The molecular weight excluding hydrogens is 1820 g/mol. The number of halogens is 4. The highest BCUT2D eigenvalue weighted by molar-refractivity contribution is 9.15. The summed E-state index contributed by atoms with van der Waals surface area (Å²) in [6.07, 6.45) is 12.6. The fourth-order valence-electron chi connectivity index (χ4n) is 12.8. The van der Waals surface area contributed by atoms with Crippen molar-refractivity contribution in [3.05, 3.63) is 246 Å². The van der Waals surface area contributed by atoms with E-state index >= 15 is 0 Å². The van der Waals surface area contributed by atoms with Crippen LogP contribution in [0.3, 0.4) is 0 Å². The molecule has 0 saturated heterocycles. The smallest absolute Gasteiger partial charge is 0.245 e. The first-order valence-corrected chi connectivity index (χ1v) is 37.9. The highest BCUT2D eigenvalue weighted by atomic mass is 79.9. The van der Waals surface area contributed by atoms with Crippen molar-refractivity contribution in [1.82, 2.24) is 0 Å². The number of benzene rings is 5. The van der Waals surface area contributed by atoms with E-state index in [2.05, 4.69) is 31.9 Å². The lowest BCUT2D eigenvalue weighted by Gasteiger charge is -2.14. The molecule has 5 aromatic heterocycles. The van der Waals surface area contributed by atoms with Gasteiger partial charge in [-0.25, -0.2) is 0 Å². The van der Waals surface area contributed by atoms with E-state index in [4.69, 9.17) is 107 Å². The van der Waals surface area contributed by atoms with Crippen LogP contribution in [-0.2, 0) is 24.0 Å². The molecule has 0 unspecified atom stereocenters. The number of methoxy groups -OCH3 is 13. The van der Waals surface area contributed by atoms with Gasteiger partial charge in [0.1, 0.15) is 42.8 Å². The second kappa shape index (κ2) is 38.5. The third kappa shape index (κ3) is 17.6. The van der Waals surface area contributed by atoms with Gasteiger partial charge in [0.05, 0.1) is 167 Å². The van der Waals surface area contributed by atoms with Crippen LogP contribution in [0.2, 0.25) is 0 Å². The van der Waals surface area contributed by atoms with Crippen molar-refractivity contribution in [3.63, 3.8) is 0 Å². The first kappa shape index (κ1) is 90.9. The predicted octanol–water partition coefficient (Wildman–Crippen LogP) is 14.1. The Balaban J connectivity index is 0.000000152. The van der Waals surface area contributed by atoms with Gasteiger partial charge < -0.3 is 83.7 Å². The van der Waals surface area contributed by atoms with Crippen LogP contribution in [0.5, 0.6) is 74.7 Å². The highest BCUT2D eigenvalue weighted by Gasteiger charge is 2.40. The van der Waals surface area contributed by atoms with Gasteiger partial charge in [0.15, 0.2) is 104 Å². The molecule has 125 heavy (non-hydrogen) atoms. The summed E-state index contributed by atoms with van der Waals surface area (Å²) in [7, 11) is 18.7. The molecule has 5 heterocycles. The van der Waals surface area contributed by atoms with Crippen molar-refractivity contribution in [3.8, 4) is 74.7 Å². The fraction of sp³-hybridized carbons (Fsp3) is 0.148. The third-order valence-corrected chi connectivity index (χ3v) is 20.6. The summed E-state index contributed by atoms with van der Waals surface area (Å²) in [6.45, 7) is 0. The van der Waals surface area contributed by atoms with E-state index in [1.165, 1.54) is 165 Å². The number of allylic oxidation sites excluding steroid dienone is 5. The van der Waals surface area contributed by atoms with Crippen LogP contribution in [0.4, 0.5) is 0 Å². The lowest BCUT2D eigenvalue weighted by Crippen LogP contribution is -2.21. The molecule has 5 aliphatic carbocycles. The lowest BCUT2D eigenvalue weighted by atomic mass is 9.93. The number of carbonyl (C=O) groups is 15. The zero-order chi connectivity index (χ0) is 91.0. The van der Waals surface area contributed by atoms with Gasteiger partial charge in [-0.3, -0.25) is 71.9 Å². The molecule has 0 fully saturated rings. The van der Waals surface area contributed by atoms with E-state index in [0.717, 1.165) is 49.4 Å². The average molecular weight is 1880 g/mol. The van der Waals surface area contributed by atoms with E-state index < -0.39 is 86.7 Å². The molecule has 33 nitrogen and oxygen atoms in total. The summed E-state index contributed by atoms with van der Waals surface area (Å²) < 4.78 is 94.6. The number of ether oxygens (including phenoxy) is 13. The van der Waals surface area contributed by atoms with Crippen LogP contribution in [0.15, 0.2) is 156 Å². The largest absolute Gasteiger partial charge is 0.493 e. The molecule has 0 atom stereocenters. The Morgan fingerprint density at radius 2 is 0.544 bits per heavy atom. The zero-order valence-electron chi connectivity index (χ0n) is 67.3. The Kier molecular flexibility index (Phi) is 28.0. The molecule has 15 rings (SSSR count). The van der Waals surface area contributed by atoms with Crippen molar-refractivity contribution < 1.29 is 156 Å². The van der Waals surface area contributed by atoms with Crippen molar-refractivity contribution in [2.45, 2.75) is 0 Å². The summed E-state index contributed by atoms with van der Waals surface area (Å²) >= 11 is 17.9. The van der Waals surface area contributed by atoms with E-state index in [-0.39, 0.29) is 145 Å². The molecule has 0 radical (unpaired) electrons. The van der Waals surface area contributed by atoms with Gasteiger partial charge in [-0.15, -0.1) is 0 Å². The Bertz CT molecular complexity index is 6230. The first-order valence-electron chi connectivity index (χ1n) is 35.6. The number of ketones is 15. The van der Waals surface area contributed by atoms with Crippen LogP contribution in [0.1, 0.15) is 160 Å². The molecule has 5 aromatic carbocycles. The highest BCUT2D eigenvalue weighted by Crippen LogP contribution is 2.45. The van der Waals surface area contributed by atoms with Crippen LogP contribution in [0, 0.1) is 0 Å². The van der Waals surface area contributed by atoms with E-state index in [1.807, 2.05) is 0 Å². The maximum Gasteiger partial charge on any atom is 0.245 e. The van der Waals surface area contributed by atoms with Gasteiger partial charge in [0.25, 0.3) is 0 Å². The summed E-state index contributed by atoms with van der Waals surface area (Å²) in [6, 6.07) is 17.9. The quantitative estimate of drug-likeness (QED) is 0.0424. The number of rotatable bonds is 23. The molecule has 5 aliphatic rings. The number of furan rings is 5. The average Bonchev–Trinajstić information content (AvgIpc) is 1.64. The van der Waals surface area contributed by atoms with Crippen molar-refractivity contribution >= 4 is 168 Å². The maximum atomic E-state index is 13.0. The van der Waals surface area contributed by atoms with Crippen LogP contribution in [-0.4, -0.2) is 179 Å². The molecule has 0 N–H and O–H groups in total. The van der Waals surface area contributed by atoms with E-state index in [9.17, 15) is 71.9 Å². The third-order valence-electron chi connectivity index (χ3n) is 18.8. The first-order chi connectivity index (χ1) is 59.8. The second-order valence-corrected chi connectivity index (χ2v) is 28.1. The molecule has 0 saturated carbocycles. The predicted molar refractivity (Wildman–Crippen MR) is 445 cm³/mol. The van der Waals surface area contributed by atoms with Gasteiger partial charge >= 0.3 is 0 Å². The van der Waals surface area contributed by atoms with Gasteiger partial charge in [-0.1, -0.05) is 23.2 Å². The minimum absolute atomic E-state index is 0.00646. The summed E-state index contributed by atoms with van der Waals surface area (Å²) in [4.78, 5) is 184. The number of hydrogen-bond donors (Lipinski definition) is 0. The molecule has 0 spiro atoms. The minimum atomic E-state index is -0.892. The van der Waals surface area contributed by atoms with Crippen molar-refractivity contribution in [2.24, 2.45) is 0 Å². The minimum Gasteiger partial charge on any atom is -0.493 e. The molecular formula is C88H62Br2Cl2O33. The molecule has 0 amide bonds. The Morgan fingerprint density at radius 1 is 0.264 bits per heavy atom. The lowest BCUT2D eigenvalue weighted by molar-refractivity contribution is -0.111. The van der Waals surface area contributed by atoms with E-state index in [0.29, 0.717) is 60.7 Å². The fourth-order valence-corrected chi connectivity index (χ4v) is 14.2. The van der Waals surface area contributed by atoms with Crippen LogP contribution >= 0.6 is 55.1 Å². The SMILES string of the molecule is COc1cc(C(=O)c2coc3c2C(=O)C(=O)C(Cl)=C3)cc(OC)c1OC.COc1cc(C(=O)c2coc3c2C(=O)C(=O)C=C3)cc(OC)c1OC.COc1cc(C(=O)c2coc3c2C(=O)C(=O)C=C3Br)cc(OC)c1OC.COc1ccc(C(=O)c2coc3c2C(=O)C(=O)C=C3Br)cc1OC.COc1ccc(C(=O)c2coc3c2C(=O)C(=O)C=C3Cl)cc1OC. The molecule has 37 heteroatoms. The zero-order valence-corrected chi connectivity index (χ0v) is 71.9. The Morgan fingerprint density at radius 3 is 0.888 bits per heavy atom. The molecule has 0 bridgehead atoms. The Labute approximate surface area is 732 Å². The number of hydrogen-bond acceptors (Lipinski definition) is 33. The molecule has 640 valence electrons. The number of carbonyl (C=O) groups excluding carboxylic acids is 15. The second-order valence-electron chi connectivity index (χ2n) is 25.6. The van der Waals surface area contributed by atoms with E-state index in [1.54, 1.807) is 18.2 Å². The van der Waals surface area contributed by atoms with Crippen LogP contribution in [0.25, 0.3) is 26.1 Å². The van der Waals surface area contributed by atoms with Crippen LogP contribution < -0.4 is 61.6 Å².